The van der Waals surface area contributed by atoms with Crippen molar-refractivity contribution in [3.8, 4) is 0 Å². The Kier molecular flexibility index (Phi) is 2.67. The maximum absolute atomic E-state index is 10.9. The fraction of sp³-hybridized carbons (Fsp3) is 0.125. The Morgan fingerprint density at radius 1 is 1.54 bits per heavy atom. The SMILES string of the molecule is C[N+](=O)c1ccc(S)cc1C(=O)O. The molecule has 0 spiro atoms. The smallest absolute Gasteiger partial charge is 0.342 e. The van der Waals surface area contributed by atoms with Crippen molar-refractivity contribution in [3.63, 3.8) is 0 Å². The van der Waals surface area contributed by atoms with E-state index in [1.807, 2.05) is 0 Å². The molecular weight excluding hydrogens is 190 g/mol. The quantitative estimate of drug-likeness (QED) is 0.562. The van der Waals surface area contributed by atoms with E-state index >= 15 is 0 Å². The molecule has 0 aromatic heterocycles. The second kappa shape index (κ2) is 3.57. The van der Waals surface area contributed by atoms with Crippen LogP contribution < -0.4 is 0 Å². The second-order valence-electron chi connectivity index (χ2n) is 2.50. The van der Waals surface area contributed by atoms with Gasteiger partial charge in [0.2, 0.25) is 0 Å². The molecule has 0 aliphatic heterocycles. The van der Waals surface area contributed by atoms with E-state index < -0.39 is 5.97 Å². The Bertz CT molecular complexity index is 376. The van der Waals surface area contributed by atoms with Gasteiger partial charge in [0, 0.05) is 20.6 Å². The zero-order valence-corrected chi connectivity index (χ0v) is 7.78. The summed E-state index contributed by atoms with van der Waals surface area (Å²) in [5.74, 6) is -1.13. The molecule has 0 aliphatic carbocycles. The zero-order valence-electron chi connectivity index (χ0n) is 6.89. The minimum atomic E-state index is -1.13. The Morgan fingerprint density at radius 3 is 2.62 bits per heavy atom. The molecule has 0 heterocycles. The fourth-order valence-electron chi connectivity index (χ4n) is 0.970. The number of benzene rings is 1. The largest absolute Gasteiger partial charge is 0.477 e. The van der Waals surface area contributed by atoms with Gasteiger partial charge in [0.25, 0.3) is 5.69 Å². The van der Waals surface area contributed by atoms with Gasteiger partial charge in [-0.2, -0.15) is 0 Å². The third kappa shape index (κ3) is 2.06. The number of rotatable bonds is 2. The molecule has 5 heteroatoms. The van der Waals surface area contributed by atoms with Crippen molar-refractivity contribution < 1.29 is 14.7 Å². The molecule has 0 saturated heterocycles. The molecule has 13 heavy (non-hydrogen) atoms. The summed E-state index contributed by atoms with van der Waals surface area (Å²) in [7, 11) is 1.25. The molecule has 1 rings (SSSR count). The minimum absolute atomic E-state index is 0.0370. The van der Waals surface area contributed by atoms with Crippen LogP contribution in [0, 0.1) is 4.91 Å². The van der Waals surface area contributed by atoms with Crippen molar-refractivity contribution >= 4 is 24.3 Å². The molecule has 0 fully saturated rings. The number of carboxylic acid groups (broad SMARTS) is 1. The molecular formula is C8H8NO3S+. The third-order valence-corrected chi connectivity index (χ3v) is 1.83. The highest BCUT2D eigenvalue weighted by molar-refractivity contribution is 7.80. The maximum Gasteiger partial charge on any atom is 0.342 e. The molecule has 0 amide bonds. The number of carboxylic acids is 1. The van der Waals surface area contributed by atoms with E-state index in [9.17, 15) is 9.70 Å². The van der Waals surface area contributed by atoms with Crippen LogP contribution in [0.5, 0.6) is 0 Å². The normalized spacial score (nSPS) is 9.69. The number of hydrogen-bond acceptors (Lipinski definition) is 3. The summed E-state index contributed by atoms with van der Waals surface area (Å²) in [5, 5.41) is 8.74. The number of carbonyl (C=O) groups is 1. The first kappa shape index (κ1) is 9.73. The van der Waals surface area contributed by atoms with Crippen molar-refractivity contribution in [1.29, 1.82) is 0 Å². The molecule has 68 valence electrons. The van der Waals surface area contributed by atoms with Crippen LogP contribution in [0.3, 0.4) is 0 Å². The molecule has 1 N–H and O–H groups in total. The lowest BCUT2D eigenvalue weighted by molar-refractivity contribution is -0.428. The van der Waals surface area contributed by atoms with Gasteiger partial charge >= 0.3 is 5.97 Å². The van der Waals surface area contributed by atoms with Crippen molar-refractivity contribution in [2.75, 3.05) is 7.05 Å². The van der Waals surface area contributed by atoms with Gasteiger partial charge in [0.15, 0.2) is 7.05 Å². The average Bonchev–Trinajstić information content (AvgIpc) is 2.03. The van der Waals surface area contributed by atoms with Crippen LogP contribution in [0.15, 0.2) is 23.1 Å². The lowest BCUT2D eigenvalue weighted by atomic mass is 10.2. The Balaban J connectivity index is 3.35. The average molecular weight is 198 g/mol. The van der Waals surface area contributed by atoms with Crippen molar-refractivity contribution in [2.24, 2.45) is 0 Å². The Labute approximate surface area is 80.2 Å². The molecule has 0 radical (unpaired) electrons. The monoisotopic (exact) mass is 198 g/mol. The summed E-state index contributed by atoms with van der Waals surface area (Å²) in [5.41, 5.74) is 0.0929. The first-order chi connectivity index (χ1) is 6.02. The predicted molar refractivity (Wildman–Crippen MR) is 49.9 cm³/mol. The van der Waals surface area contributed by atoms with E-state index in [2.05, 4.69) is 12.6 Å². The van der Waals surface area contributed by atoms with E-state index in [1.165, 1.54) is 19.2 Å². The summed E-state index contributed by atoms with van der Waals surface area (Å²) in [6.45, 7) is 0. The lowest BCUT2D eigenvalue weighted by Crippen LogP contribution is -2.03. The van der Waals surface area contributed by atoms with Gasteiger partial charge in [-0.1, -0.05) is 0 Å². The summed E-state index contributed by atoms with van der Waals surface area (Å²) in [6, 6.07) is 4.34. The van der Waals surface area contributed by atoms with Gasteiger partial charge in [-0.05, 0) is 12.1 Å². The van der Waals surface area contributed by atoms with E-state index in [-0.39, 0.29) is 11.3 Å². The summed E-state index contributed by atoms with van der Waals surface area (Å²) in [4.78, 5) is 22.1. The first-order valence-corrected chi connectivity index (χ1v) is 3.94. The number of thiol groups is 1. The van der Waals surface area contributed by atoms with Crippen LogP contribution in [0.25, 0.3) is 0 Å². The highest BCUT2D eigenvalue weighted by atomic mass is 32.1. The fourth-order valence-corrected chi connectivity index (χ4v) is 1.17. The standard InChI is InChI=1S/C8H7NO3S/c1-9(12)7-3-2-5(13)4-6(7)8(10)11/h2-4H,1H3,(H-,10,11,12,13)/p+1. The number of nitrogens with zero attached hydrogens (tertiary/aromatic N) is 1. The molecule has 0 bridgehead atoms. The van der Waals surface area contributed by atoms with Crippen LogP contribution in [0.1, 0.15) is 10.4 Å². The van der Waals surface area contributed by atoms with Crippen LogP contribution in [-0.2, 0) is 0 Å². The number of hydrogen-bond donors (Lipinski definition) is 2. The van der Waals surface area contributed by atoms with Gasteiger partial charge in [-0.3, -0.25) is 0 Å². The summed E-state index contributed by atoms with van der Waals surface area (Å²) in [6.07, 6.45) is 0. The van der Waals surface area contributed by atoms with E-state index in [0.717, 1.165) is 0 Å². The molecule has 4 nitrogen and oxygen atoms in total. The summed E-state index contributed by atoms with van der Waals surface area (Å²) >= 11 is 3.98. The van der Waals surface area contributed by atoms with Gasteiger partial charge in [-0.15, -0.1) is 12.6 Å². The van der Waals surface area contributed by atoms with Crippen LogP contribution in [0.2, 0.25) is 0 Å². The van der Waals surface area contributed by atoms with E-state index in [0.29, 0.717) is 9.66 Å². The van der Waals surface area contributed by atoms with E-state index in [1.54, 1.807) is 6.07 Å². The zero-order chi connectivity index (χ0) is 10.0. The number of aromatic carboxylic acids is 1. The molecule has 0 atom stereocenters. The van der Waals surface area contributed by atoms with Gasteiger partial charge < -0.3 is 5.11 Å². The highest BCUT2D eigenvalue weighted by Crippen LogP contribution is 2.21. The van der Waals surface area contributed by atoms with Crippen LogP contribution in [-0.4, -0.2) is 22.9 Å². The van der Waals surface area contributed by atoms with Crippen LogP contribution in [0.4, 0.5) is 5.69 Å². The lowest BCUT2D eigenvalue weighted by Gasteiger charge is -1.96. The van der Waals surface area contributed by atoms with Gasteiger partial charge in [-0.25, -0.2) is 4.79 Å². The highest BCUT2D eigenvalue weighted by Gasteiger charge is 2.19. The topological polar surface area (TPSA) is 57.4 Å². The van der Waals surface area contributed by atoms with Crippen molar-refractivity contribution in [3.05, 3.63) is 28.7 Å². The summed E-state index contributed by atoms with van der Waals surface area (Å²) < 4.78 is 0.511. The third-order valence-electron chi connectivity index (χ3n) is 1.55. The van der Waals surface area contributed by atoms with Crippen molar-refractivity contribution in [1.82, 2.24) is 0 Å². The number of nitroso groups, excluding NO2 is 1. The van der Waals surface area contributed by atoms with Gasteiger partial charge in [0.05, 0.1) is 0 Å². The Morgan fingerprint density at radius 2 is 2.15 bits per heavy atom. The first-order valence-electron chi connectivity index (χ1n) is 3.49. The molecule has 1 aromatic carbocycles. The predicted octanol–water partition coefficient (Wildman–Crippen LogP) is 1.71. The van der Waals surface area contributed by atoms with E-state index in [4.69, 9.17) is 5.11 Å². The maximum atomic E-state index is 10.9. The van der Waals surface area contributed by atoms with Crippen molar-refractivity contribution in [2.45, 2.75) is 4.90 Å². The molecule has 0 aliphatic rings. The Hall–Kier alpha value is -1.36. The minimum Gasteiger partial charge on any atom is -0.477 e. The molecule has 0 saturated carbocycles. The molecule has 0 unspecified atom stereocenters. The van der Waals surface area contributed by atoms with Crippen LogP contribution >= 0.6 is 12.6 Å². The van der Waals surface area contributed by atoms with Gasteiger partial charge in [0.1, 0.15) is 5.56 Å². The molecule has 1 aromatic rings. The second-order valence-corrected chi connectivity index (χ2v) is 3.02.